The molecule has 0 atom stereocenters. The van der Waals surface area contributed by atoms with Crippen LogP contribution in [0.4, 0.5) is 13.2 Å². The molecule has 0 aliphatic heterocycles. The third kappa shape index (κ3) is 3.52. The Morgan fingerprint density at radius 3 is 2.44 bits per heavy atom. The minimum Gasteiger partial charge on any atom is -0.319 e. The van der Waals surface area contributed by atoms with Crippen molar-refractivity contribution >= 4 is 0 Å². The number of aromatic nitrogens is 2. The topological polar surface area (TPSA) is 29.9 Å². The van der Waals surface area contributed by atoms with Crippen molar-refractivity contribution in [3.05, 3.63) is 18.0 Å². The summed E-state index contributed by atoms with van der Waals surface area (Å²) in [5.41, 5.74) is -0.975. The van der Waals surface area contributed by atoms with Crippen molar-refractivity contribution in [2.75, 3.05) is 13.6 Å². The second kappa shape index (κ2) is 4.45. The lowest BCUT2D eigenvalue weighted by atomic mass is 9.94. The van der Waals surface area contributed by atoms with Crippen LogP contribution in [0.2, 0.25) is 0 Å². The Bertz CT molecular complexity index is 341. The Morgan fingerprint density at radius 2 is 2.00 bits per heavy atom. The summed E-state index contributed by atoms with van der Waals surface area (Å²) in [7, 11) is 1.81. The van der Waals surface area contributed by atoms with Crippen LogP contribution in [0.25, 0.3) is 0 Å². The molecule has 0 radical (unpaired) electrons. The number of halogens is 3. The number of nitrogens with zero attached hydrogens (tertiary/aromatic N) is 2. The maximum Gasteiger partial charge on any atom is 0.435 e. The van der Waals surface area contributed by atoms with Crippen molar-refractivity contribution in [3.8, 4) is 0 Å². The fourth-order valence-electron chi connectivity index (χ4n) is 1.57. The van der Waals surface area contributed by atoms with Crippen LogP contribution in [0, 0.1) is 5.41 Å². The first-order valence-electron chi connectivity index (χ1n) is 5.00. The molecule has 92 valence electrons. The van der Waals surface area contributed by atoms with Gasteiger partial charge in [0.05, 0.1) is 0 Å². The first-order valence-corrected chi connectivity index (χ1v) is 5.00. The van der Waals surface area contributed by atoms with Gasteiger partial charge in [0.25, 0.3) is 0 Å². The number of hydrogen-bond donors (Lipinski definition) is 1. The highest BCUT2D eigenvalue weighted by Crippen LogP contribution is 2.27. The highest BCUT2D eigenvalue weighted by molar-refractivity contribution is 5.03. The van der Waals surface area contributed by atoms with Gasteiger partial charge in [0.1, 0.15) is 0 Å². The van der Waals surface area contributed by atoms with E-state index in [1.807, 2.05) is 20.9 Å². The normalized spacial score (nSPS) is 13.1. The predicted molar refractivity (Wildman–Crippen MR) is 54.9 cm³/mol. The summed E-state index contributed by atoms with van der Waals surface area (Å²) in [6.45, 7) is 5.11. The van der Waals surface area contributed by atoms with Crippen molar-refractivity contribution in [3.63, 3.8) is 0 Å². The third-order valence-electron chi connectivity index (χ3n) is 2.18. The van der Waals surface area contributed by atoms with Crippen molar-refractivity contribution in [1.82, 2.24) is 15.1 Å². The van der Waals surface area contributed by atoms with Gasteiger partial charge in [0.15, 0.2) is 5.69 Å². The number of rotatable bonds is 4. The molecule has 0 bridgehead atoms. The SMILES string of the molecule is CNCC(C)(C)Cn1ccc(C(F)(F)F)n1. The summed E-state index contributed by atoms with van der Waals surface area (Å²) >= 11 is 0. The molecule has 0 aliphatic rings. The summed E-state index contributed by atoms with van der Waals surface area (Å²) in [5.74, 6) is 0. The van der Waals surface area contributed by atoms with Gasteiger partial charge in [-0.2, -0.15) is 18.3 Å². The molecule has 6 heteroatoms. The zero-order valence-corrected chi connectivity index (χ0v) is 9.60. The minimum absolute atomic E-state index is 0.135. The Morgan fingerprint density at radius 1 is 1.38 bits per heavy atom. The predicted octanol–water partition coefficient (Wildman–Crippen LogP) is 2.15. The molecule has 1 heterocycles. The summed E-state index contributed by atoms with van der Waals surface area (Å²) in [5, 5.41) is 6.51. The zero-order chi connectivity index (χ0) is 12.4. The zero-order valence-electron chi connectivity index (χ0n) is 9.60. The van der Waals surface area contributed by atoms with Crippen molar-refractivity contribution in [2.24, 2.45) is 5.41 Å². The smallest absolute Gasteiger partial charge is 0.319 e. The van der Waals surface area contributed by atoms with Gasteiger partial charge in [-0.15, -0.1) is 0 Å². The lowest BCUT2D eigenvalue weighted by molar-refractivity contribution is -0.141. The molecule has 0 aliphatic carbocycles. The Hall–Kier alpha value is -1.04. The standard InChI is InChI=1S/C10H16F3N3/c1-9(2,6-14-3)7-16-5-4-8(15-16)10(11,12)13/h4-5,14H,6-7H2,1-3H3. The van der Waals surface area contributed by atoms with E-state index < -0.39 is 11.9 Å². The van der Waals surface area contributed by atoms with Gasteiger partial charge in [0, 0.05) is 19.3 Å². The van der Waals surface area contributed by atoms with Crippen LogP contribution in [-0.2, 0) is 12.7 Å². The van der Waals surface area contributed by atoms with Gasteiger partial charge >= 0.3 is 6.18 Å². The number of nitrogens with one attached hydrogen (secondary N) is 1. The first-order chi connectivity index (χ1) is 7.24. The number of hydrogen-bond acceptors (Lipinski definition) is 2. The van der Waals surface area contributed by atoms with Crippen LogP contribution in [0.5, 0.6) is 0 Å². The fourth-order valence-corrected chi connectivity index (χ4v) is 1.57. The van der Waals surface area contributed by atoms with Gasteiger partial charge in [-0.1, -0.05) is 13.8 Å². The van der Waals surface area contributed by atoms with Crippen LogP contribution in [0.1, 0.15) is 19.5 Å². The van der Waals surface area contributed by atoms with Crippen LogP contribution < -0.4 is 5.32 Å². The summed E-state index contributed by atoms with van der Waals surface area (Å²) in [6, 6.07) is 0.995. The molecule has 0 spiro atoms. The molecule has 0 fully saturated rings. The van der Waals surface area contributed by atoms with E-state index in [1.165, 1.54) is 10.9 Å². The molecule has 0 aromatic carbocycles. The molecule has 1 aromatic rings. The van der Waals surface area contributed by atoms with E-state index in [2.05, 4.69) is 10.4 Å². The minimum atomic E-state index is -4.36. The molecule has 0 saturated carbocycles. The monoisotopic (exact) mass is 235 g/mol. The molecule has 1 N–H and O–H groups in total. The summed E-state index contributed by atoms with van der Waals surface area (Å²) in [4.78, 5) is 0. The number of alkyl halides is 3. The Balaban J connectivity index is 2.73. The van der Waals surface area contributed by atoms with E-state index in [-0.39, 0.29) is 5.41 Å². The second-order valence-corrected chi connectivity index (χ2v) is 4.59. The highest BCUT2D eigenvalue weighted by Gasteiger charge is 2.33. The Labute approximate surface area is 92.6 Å². The molecule has 1 rings (SSSR count). The summed E-state index contributed by atoms with van der Waals surface area (Å²) in [6.07, 6.45) is -3.00. The summed E-state index contributed by atoms with van der Waals surface area (Å²) < 4.78 is 38.2. The molecule has 0 unspecified atom stereocenters. The van der Waals surface area contributed by atoms with Crippen LogP contribution in [0.15, 0.2) is 12.3 Å². The van der Waals surface area contributed by atoms with Gasteiger partial charge in [-0.3, -0.25) is 4.68 Å². The second-order valence-electron chi connectivity index (χ2n) is 4.59. The van der Waals surface area contributed by atoms with Crippen LogP contribution in [0.3, 0.4) is 0 Å². The quantitative estimate of drug-likeness (QED) is 0.866. The third-order valence-corrected chi connectivity index (χ3v) is 2.18. The van der Waals surface area contributed by atoms with E-state index in [0.717, 1.165) is 6.07 Å². The van der Waals surface area contributed by atoms with Crippen molar-refractivity contribution in [2.45, 2.75) is 26.6 Å². The van der Waals surface area contributed by atoms with Gasteiger partial charge in [-0.05, 0) is 18.5 Å². The van der Waals surface area contributed by atoms with Crippen LogP contribution >= 0.6 is 0 Å². The maximum absolute atomic E-state index is 12.3. The molecule has 0 amide bonds. The molecule has 3 nitrogen and oxygen atoms in total. The van der Waals surface area contributed by atoms with Gasteiger partial charge < -0.3 is 5.32 Å². The Kier molecular flexibility index (Phi) is 3.62. The average Bonchev–Trinajstić information content (AvgIpc) is 2.50. The molecule has 1 aromatic heterocycles. The van der Waals surface area contributed by atoms with E-state index in [9.17, 15) is 13.2 Å². The molecule has 16 heavy (non-hydrogen) atoms. The van der Waals surface area contributed by atoms with Crippen molar-refractivity contribution in [1.29, 1.82) is 0 Å². The van der Waals surface area contributed by atoms with Crippen molar-refractivity contribution < 1.29 is 13.2 Å². The highest BCUT2D eigenvalue weighted by atomic mass is 19.4. The van der Waals surface area contributed by atoms with E-state index in [0.29, 0.717) is 13.1 Å². The molecular weight excluding hydrogens is 219 g/mol. The van der Waals surface area contributed by atoms with Crippen LogP contribution in [-0.4, -0.2) is 23.4 Å². The van der Waals surface area contributed by atoms with E-state index >= 15 is 0 Å². The first kappa shape index (κ1) is 13.0. The average molecular weight is 235 g/mol. The largest absolute Gasteiger partial charge is 0.435 e. The molecule has 0 saturated heterocycles. The molecular formula is C10H16F3N3. The lowest BCUT2D eigenvalue weighted by Gasteiger charge is -2.23. The van der Waals surface area contributed by atoms with E-state index in [4.69, 9.17) is 0 Å². The maximum atomic E-state index is 12.3. The van der Waals surface area contributed by atoms with Gasteiger partial charge in [0.2, 0.25) is 0 Å². The lowest BCUT2D eigenvalue weighted by Crippen LogP contribution is -2.31. The van der Waals surface area contributed by atoms with E-state index in [1.54, 1.807) is 0 Å². The fraction of sp³-hybridized carbons (Fsp3) is 0.700. The van der Waals surface area contributed by atoms with Gasteiger partial charge in [-0.25, -0.2) is 0 Å².